The monoisotopic (exact) mass is 279 g/mol. The minimum Gasteiger partial charge on any atom is -0.424 e. The second-order valence-corrected chi connectivity index (χ2v) is 4.51. The van der Waals surface area contributed by atoms with Gasteiger partial charge < -0.3 is 4.74 Å². The van der Waals surface area contributed by atoms with Crippen molar-refractivity contribution in [2.75, 3.05) is 0 Å². The quantitative estimate of drug-likeness (QED) is 0.546. The predicted octanol–water partition coefficient (Wildman–Crippen LogP) is 2.99. The molecule has 0 amide bonds. The highest BCUT2D eigenvalue weighted by Gasteiger charge is 2.13. The van der Waals surface area contributed by atoms with Crippen LogP contribution in [0.5, 0.6) is 5.75 Å². The second-order valence-electron chi connectivity index (χ2n) is 4.51. The molecule has 3 aromatic rings. The summed E-state index contributed by atoms with van der Waals surface area (Å²) < 4.78 is 6.91. The molecule has 0 aliphatic heterocycles. The van der Waals surface area contributed by atoms with Gasteiger partial charge in [-0.15, -0.1) is 5.10 Å². The van der Waals surface area contributed by atoms with Gasteiger partial charge in [-0.05, 0) is 29.8 Å². The molecule has 3 rings (SSSR count). The zero-order valence-electron chi connectivity index (χ0n) is 11.5. The van der Waals surface area contributed by atoms with Gasteiger partial charge in [0.15, 0.2) is 5.75 Å². The van der Waals surface area contributed by atoms with Gasteiger partial charge in [-0.2, -0.15) is 0 Å². The number of carbonyl (C=O) groups is 1. The van der Waals surface area contributed by atoms with Crippen LogP contribution >= 0.6 is 0 Å². The van der Waals surface area contributed by atoms with Crippen LogP contribution in [-0.2, 0) is 4.79 Å². The molecule has 2 aromatic carbocycles. The van der Waals surface area contributed by atoms with E-state index in [1.165, 1.54) is 6.92 Å². The molecule has 0 fully saturated rings. The number of benzene rings is 2. The Morgan fingerprint density at radius 3 is 2.86 bits per heavy atom. The van der Waals surface area contributed by atoms with Gasteiger partial charge in [0.25, 0.3) is 0 Å². The van der Waals surface area contributed by atoms with Crippen molar-refractivity contribution in [1.82, 2.24) is 15.0 Å². The zero-order valence-corrected chi connectivity index (χ0v) is 11.5. The summed E-state index contributed by atoms with van der Waals surface area (Å²) >= 11 is 0. The minimum absolute atomic E-state index is 0.382. The number of nitrogens with zero attached hydrogens (tertiary/aromatic N) is 3. The molecule has 0 unspecified atom stereocenters. The third-order valence-electron chi connectivity index (χ3n) is 3.05. The molecular formula is C16H13N3O2. The number of carbonyl (C=O) groups excluding carboxylic acids is 1. The van der Waals surface area contributed by atoms with Crippen molar-refractivity contribution in [2.24, 2.45) is 0 Å². The van der Waals surface area contributed by atoms with Gasteiger partial charge in [0.1, 0.15) is 11.2 Å². The molecular weight excluding hydrogens is 266 g/mol. The largest absolute Gasteiger partial charge is 0.424 e. The number of ether oxygens (including phenoxy) is 1. The first-order valence-corrected chi connectivity index (χ1v) is 6.45. The van der Waals surface area contributed by atoms with Gasteiger partial charge in [-0.1, -0.05) is 36.1 Å². The number of fused-ring (bicyclic) bond motifs is 1. The molecule has 21 heavy (non-hydrogen) atoms. The summed E-state index contributed by atoms with van der Waals surface area (Å²) in [5, 5.41) is 8.27. The molecule has 1 aromatic heterocycles. The van der Waals surface area contributed by atoms with Crippen molar-refractivity contribution in [3.05, 3.63) is 54.6 Å². The summed E-state index contributed by atoms with van der Waals surface area (Å²) in [5.41, 5.74) is 3.17. The van der Waals surface area contributed by atoms with Crippen molar-refractivity contribution in [3.63, 3.8) is 0 Å². The van der Waals surface area contributed by atoms with Gasteiger partial charge in [0, 0.05) is 6.92 Å². The SMILES string of the molecule is C=Cc1ccc(OC(C)=O)c(-n2nnc3ccccc32)c1. The minimum atomic E-state index is -0.382. The van der Waals surface area contributed by atoms with Crippen LogP contribution in [0.1, 0.15) is 12.5 Å². The van der Waals surface area contributed by atoms with Gasteiger partial charge in [0.2, 0.25) is 0 Å². The molecule has 0 saturated carbocycles. The maximum Gasteiger partial charge on any atom is 0.308 e. The lowest BCUT2D eigenvalue weighted by atomic mass is 10.2. The number of hydrogen-bond donors (Lipinski definition) is 0. The molecule has 5 nitrogen and oxygen atoms in total. The second kappa shape index (κ2) is 5.20. The van der Waals surface area contributed by atoms with Crippen molar-refractivity contribution in [1.29, 1.82) is 0 Å². The van der Waals surface area contributed by atoms with Crippen molar-refractivity contribution in [2.45, 2.75) is 6.92 Å². The topological polar surface area (TPSA) is 57.0 Å². The molecule has 104 valence electrons. The smallest absolute Gasteiger partial charge is 0.308 e. The fourth-order valence-electron chi connectivity index (χ4n) is 2.11. The van der Waals surface area contributed by atoms with E-state index >= 15 is 0 Å². The Bertz CT molecular complexity index is 836. The number of para-hydroxylation sites is 1. The Balaban J connectivity index is 2.23. The van der Waals surface area contributed by atoms with E-state index in [4.69, 9.17) is 4.74 Å². The lowest BCUT2D eigenvalue weighted by Gasteiger charge is -2.10. The Hall–Kier alpha value is -2.95. The van der Waals surface area contributed by atoms with Gasteiger partial charge in [0.05, 0.1) is 5.52 Å². The van der Waals surface area contributed by atoms with Crippen molar-refractivity contribution >= 4 is 23.1 Å². The summed E-state index contributed by atoms with van der Waals surface area (Å²) in [6, 6.07) is 13.0. The van der Waals surface area contributed by atoms with E-state index < -0.39 is 0 Å². The van der Waals surface area contributed by atoms with E-state index in [1.54, 1.807) is 16.8 Å². The Kier molecular flexibility index (Phi) is 3.23. The predicted molar refractivity (Wildman–Crippen MR) is 80.3 cm³/mol. The van der Waals surface area contributed by atoms with Crippen LogP contribution in [-0.4, -0.2) is 21.0 Å². The van der Waals surface area contributed by atoms with Crippen LogP contribution in [0.15, 0.2) is 49.0 Å². The van der Waals surface area contributed by atoms with E-state index in [9.17, 15) is 4.79 Å². The molecule has 0 radical (unpaired) electrons. The summed E-state index contributed by atoms with van der Waals surface area (Å²) in [4.78, 5) is 11.3. The molecule has 5 heteroatoms. The molecule has 1 heterocycles. The first kappa shape index (κ1) is 13.1. The van der Waals surface area contributed by atoms with Crippen LogP contribution < -0.4 is 4.74 Å². The maximum absolute atomic E-state index is 11.3. The molecule has 0 aliphatic rings. The molecule has 0 N–H and O–H groups in total. The standard InChI is InChI=1S/C16H13N3O2/c1-3-12-8-9-16(21-11(2)20)15(10-12)19-14-7-5-4-6-13(14)17-18-19/h3-10H,1H2,2H3. The van der Waals surface area contributed by atoms with E-state index in [0.717, 1.165) is 16.6 Å². The van der Waals surface area contributed by atoms with E-state index in [-0.39, 0.29) is 5.97 Å². The number of aromatic nitrogens is 3. The molecule has 0 saturated heterocycles. The highest BCUT2D eigenvalue weighted by atomic mass is 16.5. The molecule has 0 bridgehead atoms. The lowest BCUT2D eigenvalue weighted by molar-refractivity contribution is -0.131. The third-order valence-corrected chi connectivity index (χ3v) is 3.05. The summed E-state index contributed by atoms with van der Waals surface area (Å²) in [6.45, 7) is 5.12. The summed E-state index contributed by atoms with van der Waals surface area (Å²) in [7, 11) is 0. The molecule has 0 aliphatic carbocycles. The van der Waals surface area contributed by atoms with Gasteiger partial charge >= 0.3 is 5.97 Å². The van der Waals surface area contributed by atoms with E-state index in [2.05, 4.69) is 16.9 Å². The Labute approximate surface area is 121 Å². The van der Waals surface area contributed by atoms with E-state index in [0.29, 0.717) is 11.4 Å². The summed E-state index contributed by atoms with van der Waals surface area (Å²) in [6.07, 6.45) is 1.72. The first-order chi connectivity index (χ1) is 10.2. The van der Waals surface area contributed by atoms with Gasteiger partial charge in [-0.3, -0.25) is 4.79 Å². The third kappa shape index (κ3) is 2.41. The Morgan fingerprint density at radius 1 is 1.29 bits per heavy atom. The van der Waals surface area contributed by atoms with Crippen LogP contribution in [0.2, 0.25) is 0 Å². The normalized spacial score (nSPS) is 10.5. The lowest BCUT2D eigenvalue weighted by Crippen LogP contribution is -2.06. The average Bonchev–Trinajstić information content (AvgIpc) is 2.91. The summed E-state index contributed by atoms with van der Waals surface area (Å²) in [5.74, 6) is 0.0516. The number of esters is 1. The molecule has 0 atom stereocenters. The Morgan fingerprint density at radius 2 is 2.10 bits per heavy atom. The highest BCUT2D eigenvalue weighted by Crippen LogP contribution is 2.27. The number of rotatable bonds is 3. The maximum atomic E-state index is 11.3. The van der Waals surface area contributed by atoms with Crippen LogP contribution in [0.4, 0.5) is 0 Å². The fourth-order valence-corrected chi connectivity index (χ4v) is 2.11. The van der Waals surface area contributed by atoms with E-state index in [1.807, 2.05) is 36.4 Å². The number of hydrogen-bond acceptors (Lipinski definition) is 4. The van der Waals surface area contributed by atoms with Crippen molar-refractivity contribution in [3.8, 4) is 11.4 Å². The zero-order chi connectivity index (χ0) is 14.8. The van der Waals surface area contributed by atoms with Crippen molar-refractivity contribution < 1.29 is 9.53 Å². The fraction of sp³-hybridized carbons (Fsp3) is 0.0625. The average molecular weight is 279 g/mol. The van der Waals surface area contributed by atoms with Crippen LogP contribution in [0.25, 0.3) is 22.8 Å². The van der Waals surface area contributed by atoms with Gasteiger partial charge in [-0.25, -0.2) is 4.68 Å². The first-order valence-electron chi connectivity index (χ1n) is 6.45. The highest BCUT2D eigenvalue weighted by molar-refractivity contribution is 5.78. The van der Waals surface area contributed by atoms with Crippen LogP contribution in [0, 0.1) is 0 Å². The van der Waals surface area contributed by atoms with Crippen LogP contribution in [0.3, 0.4) is 0 Å². The molecule has 0 spiro atoms.